The fourth-order valence-electron chi connectivity index (χ4n) is 3.28. The molecule has 0 bridgehead atoms. The van der Waals surface area contributed by atoms with Crippen molar-refractivity contribution in [2.24, 2.45) is 7.05 Å². The lowest BCUT2D eigenvalue weighted by molar-refractivity contribution is 0.181. The number of nitrogens with zero attached hydrogens (tertiary/aromatic N) is 3. The number of benzene rings is 1. The van der Waals surface area contributed by atoms with Gasteiger partial charge in [0.05, 0.1) is 12.2 Å². The summed E-state index contributed by atoms with van der Waals surface area (Å²) in [7, 11) is 1.99. The number of aromatic nitrogens is 2. The average Bonchev–Trinajstić information content (AvgIpc) is 3.13. The fourth-order valence-corrected chi connectivity index (χ4v) is 3.28. The van der Waals surface area contributed by atoms with Gasteiger partial charge in [0.15, 0.2) is 0 Å². The van der Waals surface area contributed by atoms with Gasteiger partial charge < -0.3 is 10.1 Å². The number of carbonyl (C=O) groups excluding carboxylic acids is 1. The monoisotopic (exact) mass is 342 g/mol. The molecule has 1 atom stereocenters. The van der Waals surface area contributed by atoms with Crippen molar-refractivity contribution in [3.05, 3.63) is 46.8 Å². The molecule has 1 N–H and O–H groups in total. The summed E-state index contributed by atoms with van der Waals surface area (Å²) in [4.78, 5) is 13.3. The van der Waals surface area contributed by atoms with Gasteiger partial charge in [-0.05, 0) is 57.0 Å². The maximum Gasteiger partial charge on any atom is 0.414 e. The van der Waals surface area contributed by atoms with Crippen LogP contribution >= 0.6 is 0 Å². The highest BCUT2D eigenvalue weighted by atomic mass is 16.6. The second-order valence-electron chi connectivity index (χ2n) is 6.56. The minimum Gasteiger partial charge on any atom is -0.447 e. The van der Waals surface area contributed by atoms with E-state index in [0.717, 1.165) is 24.3 Å². The van der Waals surface area contributed by atoms with E-state index in [2.05, 4.69) is 43.3 Å². The van der Waals surface area contributed by atoms with E-state index in [1.807, 2.05) is 23.9 Å². The predicted octanol–water partition coefficient (Wildman–Crippen LogP) is 2.89. The maximum absolute atomic E-state index is 11.6. The summed E-state index contributed by atoms with van der Waals surface area (Å²) in [6.45, 7) is 8.31. The second kappa shape index (κ2) is 7.27. The summed E-state index contributed by atoms with van der Waals surface area (Å²) in [5.74, 6) is 0. The first-order valence-electron chi connectivity index (χ1n) is 8.74. The third-order valence-electron chi connectivity index (χ3n) is 4.95. The number of ether oxygens (including phenoxy) is 1. The van der Waals surface area contributed by atoms with Crippen molar-refractivity contribution in [3.8, 4) is 0 Å². The molecule has 1 saturated heterocycles. The molecule has 0 radical (unpaired) electrons. The van der Waals surface area contributed by atoms with Gasteiger partial charge in [0, 0.05) is 24.5 Å². The number of carbonyl (C=O) groups is 1. The third kappa shape index (κ3) is 3.69. The van der Waals surface area contributed by atoms with Crippen molar-refractivity contribution in [3.63, 3.8) is 0 Å². The van der Waals surface area contributed by atoms with Gasteiger partial charge in [0.1, 0.15) is 6.61 Å². The highest BCUT2D eigenvalue weighted by Crippen LogP contribution is 2.22. The molecular weight excluding hydrogens is 316 g/mol. The number of nitrogens with one attached hydrogen (secondary N) is 1. The average molecular weight is 342 g/mol. The molecule has 0 aliphatic carbocycles. The Morgan fingerprint density at radius 2 is 2.00 bits per heavy atom. The summed E-state index contributed by atoms with van der Waals surface area (Å²) in [5.41, 5.74) is 5.76. The first-order chi connectivity index (χ1) is 12.0. The van der Waals surface area contributed by atoms with Crippen molar-refractivity contribution in [2.75, 3.05) is 24.6 Å². The summed E-state index contributed by atoms with van der Waals surface area (Å²) < 4.78 is 6.92. The maximum atomic E-state index is 11.6. The Bertz CT molecular complexity index is 752. The molecule has 2 aromatic rings. The summed E-state index contributed by atoms with van der Waals surface area (Å²) >= 11 is 0. The largest absolute Gasteiger partial charge is 0.447 e. The number of aryl methyl sites for hydroxylation is 2. The van der Waals surface area contributed by atoms with E-state index in [1.165, 1.54) is 16.8 Å². The van der Waals surface area contributed by atoms with Crippen molar-refractivity contribution >= 4 is 11.8 Å². The van der Waals surface area contributed by atoms with Gasteiger partial charge in [0.2, 0.25) is 0 Å². The van der Waals surface area contributed by atoms with Gasteiger partial charge in [-0.2, -0.15) is 5.10 Å². The Morgan fingerprint density at radius 3 is 2.56 bits per heavy atom. The van der Waals surface area contributed by atoms with Crippen LogP contribution in [0.25, 0.3) is 0 Å². The molecule has 1 amide bonds. The number of hydrogen-bond donors (Lipinski definition) is 1. The molecule has 0 spiro atoms. The summed E-state index contributed by atoms with van der Waals surface area (Å²) in [5, 5.41) is 8.03. The van der Waals surface area contributed by atoms with Crippen LogP contribution in [0.3, 0.4) is 0 Å². The molecule has 1 aliphatic rings. The van der Waals surface area contributed by atoms with Gasteiger partial charge in [-0.15, -0.1) is 0 Å². The fraction of sp³-hybridized carbons (Fsp3) is 0.474. The molecular formula is C19H26N4O2. The third-order valence-corrected chi connectivity index (χ3v) is 4.95. The number of amides is 1. The van der Waals surface area contributed by atoms with Crippen LogP contribution in [0.15, 0.2) is 24.3 Å². The van der Waals surface area contributed by atoms with Gasteiger partial charge in [-0.3, -0.25) is 9.58 Å². The van der Waals surface area contributed by atoms with Crippen LogP contribution in [-0.4, -0.2) is 35.6 Å². The van der Waals surface area contributed by atoms with E-state index in [1.54, 1.807) is 4.90 Å². The smallest absolute Gasteiger partial charge is 0.414 e. The standard InChI is InChI=1S/C19H26N4O2/c1-13(20-10-9-18-14(2)21-22(4)15(18)3)16-5-7-17(8-6-16)23-11-12-25-19(23)24/h5-8,13,20H,9-12H2,1-4H3/t13-/m0/s1. The molecule has 6 heteroatoms. The molecule has 134 valence electrons. The Labute approximate surface area is 148 Å². The molecule has 0 saturated carbocycles. The number of anilines is 1. The normalized spacial score (nSPS) is 15.5. The lowest BCUT2D eigenvalue weighted by atomic mass is 10.1. The molecule has 25 heavy (non-hydrogen) atoms. The molecule has 1 aromatic carbocycles. The van der Waals surface area contributed by atoms with Crippen LogP contribution in [0.4, 0.5) is 10.5 Å². The van der Waals surface area contributed by atoms with Crippen molar-refractivity contribution in [2.45, 2.75) is 33.2 Å². The highest BCUT2D eigenvalue weighted by molar-refractivity contribution is 5.89. The first-order valence-corrected chi connectivity index (χ1v) is 8.74. The van der Waals surface area contributed by atoms with E-state index in [-0.39, 0.29) is 12.1 Å². The van der Waals surface area contributed by atoms with Crippen molar-refractivity contribution in [1.82, 2.24) is 15.1 Å². The number of rotatable bonds is 6. The van der Waals surface area contributed by atoms with E-state index in [0.29, 0.717) is 13.2 Å². The second-order valence-corrected chi connectivity index (χ2v) is 6.56. The van der Waals surface area contributed by atoms with Crippen LogP contribution in [0.1, 0.15) is 35.5 Å². The quantitative estimate of drug-likeness (QED) is 0.877. The van der Waals surface area contributed by atoms with Gasteiger partial charge in [-0.25, -0.2) is 4.79 Å². The lowest BCUT2D eigenvalue weighted by Gasteiger charge is -2.17. The van der Waals surface area contributed by atoms with Crippen LogP contribution in [0, 0.1) is 13.8 Å². The zero-order chi connectivity index (χ0) is 18.0. The highest BCUT2D eigenvalue weighted by Gasteiger charge is 2.23. The van der Waals surface area contributed by atoms with Crippen molar-refractivity contribution < 1.29 is 9.53 Å². The van der Waals surface area contributed by atoms with Crippen LogP contribution in [0.5, 0.6) is 0 Å². The first kappa shape index (κ1) is 17.5. The molecule has 3 rings (SSSR count). The van der Waals surface area contributed by atoms with Gasteiger partial charge >= 0.3 is 6.09 Å². The molecule has 2 heterocycles. The summed E-state index contributed by atoms with van der Waals surface area (Å²) in [6, 6.07) is 8.35. The Kier molecular flexibility index (Phi) is 5.08. The van der Waals surface area contributed by atoms with E-state index in [4.69, 9.17) is 4.74 Å². The number of hydrogen-bond acceptors (Lipinski definition) is 4. The Balaban J connectivity index is 1.56. The molecule has 1 fully saturated rings. The minimum atomic E-state index is -0.263. The predicted molar refractivity (Wildman–Crippen MR) is 97.9 cm³/mol. The molecule has 6 nitrogen and oxygen atoms in total. The minimum absolute atomic E-state index is 0.247. The van der Waals surface area contributed by atoms with Crippen molar-refractivity contribution in [1.29, 1.82) is 0 Å². The van der Waals surface area contributed by atoms with Crippen LogP contribution in [0.2, 0.25) is 0 Å². The lowest BCUT2D eigenvalue weighted by Crippen LogP contribution is -2.24. The molecule has 0 unspecified atom stereocenters. The van der Waals surface area contributed by atoms with Crippen LogP contribution in [-0.2, 0) is 18.2 Å². The number of cyclic esters (lactones) is 1. The molecule has 1 aromatic heterocycles. The van der Waals surface area contributed by atoms with E-state index < -0.39 is 0 Å². The SMILES string of the molecule is Cc1nn(C)c(C)c1CCN[C@@H](C)c1ccc(N2CCOC2=O)cc1. The molecule has 1 aliphatic heterocycles. The topological polar surface area (TPSA) is 59.4 Å². The zero-order valence-corrected chi connectivity index (χ0v) is 15.4. The van der Waals surface area contributed by atoms with E-state index in [9.17, 15) is 4.79 Å². The van der Waals surface area contributed by atoms with E-state index >= 15 is 0 Å². The Hall–Kier alpha value is -2.34. The summed E-state index contributed by atoms with van der Waals surface area (Å²) in [6.07, 6.45) is 0.703. The van der Waals surface area contributed by atoms with Gasteiger partial charge in [-0.1, -0.05) is 12.1 Å². The Morgan fingerprint density at radius 1 is 1.28 bits per heavy atom. The zero-order valence-electron chi connectivity index (χ0n) is 15.4. The van der Waals surface area contributed by atoms with Crippen LogP contribution < -0.4 is 10.2 Å². The van der Waals surface area contributed by atoms with Gasteiger partial charge in [0.25, 0.3) is 0 Å².